The second-order valence-electron chi connectivity index (χ2n) is 7.11. The molecule has 1 amide bonds. The molecule has 27 heavy (non-hydrogen) atoms. The third-order valence-corrected chi connectivity index (χ3v) is 5.03. The lowest BCUT2D eigenvalue weighted by molar-refractivity contribution is -0.389. The zero-order chi connectivity index (χ0) is 19.6. The Balaban J connectivity index is 1.57. The molecule has 2 aromatic rings. The van der Waals surface area contributed by atoms with Crippen molar-refractivity contribution in [2.75, 3.05) is 26.2 Å². The van der Waals surface area contributed by atoms with Gasteiger partial charge in [-0.05, 0) is 31.3 Å². The number of hydrogen-bond acceptors (Lipinski definition) is 5. The van der Waals surface area contributed by atoms with E-state index in [0.29, 0.717) is 18.8 Å². The Morgan fingerprint density at radius 3 is 2.37 bits per heavy atom. The van der Waals surface area contributed by atoms with Crippen molar-refractivity contribution in [1.29, 1.82) is 0 Å². The van der Waals surface area contributed by atoms with Crippen LogP contribution >= 0.6 is 0 Å². The molecule has 3 rings (SSSR count). The van der Waals surface area contributed by atoms with E-state index >= 15 is 0 Å². The quantitative estimate of drug-likeness (QED) is 0.595. The molecule has 1 aliphatic rings. The summed E-state index contributed by atoms with van der Waals surface area (Å²) in [6.45, 7) is 9.34. The predicted octanol–water partition coefficient (Wildman–Crippen LogP) is 2.31. The maximum atomic E-state index is 12.8. The first-order chi connectivity index (χ1) is 12.8. The monoisotopic (exact) mass is 371 g/mol. The van der Waals surface area contributed by atoms with Gasteiger partial charge in [0.25, 0.3) is 0 Å². The minimum Gasteiger partial charge on any atom is -0.358 e. The van der Waals surface area contributed by atoms with Crippen LogP contribution in [-0.2, 0) is 11.3 Å². The number of amides is 1. The van der Waals surface area contributed by atoms with E-state index in [4.69, 9.17) is 0 Å². The number of benzene rings is 1. The van der Waals surface area contributed by atoms with Crippen LogP contribution in [0.1, 0.15) is 29.8 Å². The highest BCUT2D eigenvalue weighted by Gasteiger charge is 2.30. The lowest BCUT2D eigenvalue weighted by Gasteiger charge is -2.35. The van der Waals surface area contributed by atoms with E-state index in [1.54, 1.807) is 13.8 Å². The fraction of sp³-hybridized carbons (Fsp3) is 0.474. The van der Waals surface area contributed by atoms with E-state index in [2.05, 4.69) is 41.2 Å². The zero-order valence-corrected chi connectivity index (χ0v) is 16.0. The highest BCUT2D eigenvalue weighted by molar-refractivity contribution is 5.80. The lowest BCUT2D eigenvalue weighted by Crippen LogP contribution is -2.50. The van der Waals surface area contributed by atoms with Crippen molar-refractivity contribution in [3.8, 4) is 0 Å². The minimum atomic E-state index is -0.553. The van der Waals surface area contributed by atoms with Gasteiger partial charge in [0.1, 0.15) is 6.04 Å². The Labute approximate surface area is 158 Å². The molecule has 8 heteroatoms. The van der Waals surface area contributed by atoms with E-state index in [1.807, 2.05) is 4.90 Å². The molecule has 0 N–H and O–H groups in total. The van der Waals surface area contributed by atoms with Crippen molar-refractivity contribution in [3.05, 3.63) is 57.3 Å². The summed E-state index contributed by atoms with van der Waals surface area (Å²) in [5.41, 5.74) is 3.13. The molecule has 2 heterocycles. The first-order valence-electron chi connectivity index (χ1n) is 9.12. The average Bonchev–Trinajstić information content (AvgIpc) is 3.05. The Kier molecular flexibility index (Phi) is 5.55. The van der Waals surface area contributed by atoms with Crippen LogP contribution in [0.15, 0.2) is 30.3 Å². The van der Waals surface area contributed by atoms with Gasteiger partial charge in [-0.2, -0.15) is 4.68 Å². The van der Waals surface area contributed by atoms with E-state index in [0.717, 1.165) is 19.6 Å². The largest absolute Gasteiger partial charge is 0.390 e. The molecule has 1 saturated heterocycles. The Morgan fingerprint density at radius 1 is 1.19 bits per heavy atom. The number of piperazine rings is 1. The van der Waals surface area contributed by atoms with E-state index in [9.17, 15) is 14.9 Å². The fourth-order valence-corrected chi connectivity index (χ4v) is 3.40. The molecule has 8 nitrogen and oxygen atoms in total. The van der Waals surface area contributed by atoms with Gasteiger partial charge in [0.15, 0.2) is 0 Å². The maximum absolute atomic E-state index is 12.8. The van der Waals surface area contributed by atoms with Crippen molar-refractivity contribution in [2.24, 2.45) is 0 Å². The van der Waals surface area contributed by atoms with Crippen molar-refractivity contribution in [2.45, 2.75) is 33.4 Å². The normalized spacial score (nSPS) is 16.3. The topological polar surface area (TPSA) is 84.5 Å². The third-order valence-electron chi connectivity index (χ3n) is 5.03. The summed E-state index contributed by atoms with van der Waals surface area (Å²) in [6, 6.07) is 9.35. The summed E-state index contributed by atoms with van der Waals surface area (Å²) in [5, 5.41) is 14.9. The number of rotatable bonds is 5. The maximum Gasteiger partial charge on any atom is 0.390 e. The number of nitro groups is 1. The van der Waals surface area contributed by atoms with E-state index in [1.165, 1.54) is 21.9 Å². The van der Waals surface area contributed by atoms with Crippen molar-refractivity contribution in [3.63, 3.8) is 0 Å². The minimum absolute atomic E-state index is 0.0499. The number of aryl methyl sites for hydroxylation is 2. The van der Waals surface area contributed by atoms with Crippen LogP contribution in [0, 0.1) is 24.0 Å². The first kappa shape index (κ1) is 19.0. The van der Waals surface area contributed by atoms with Gasteiger partial charge in [0.05, 0.1) is 16.9 Å². The molecule has 0 spiro atoms. The van der Waals surface area contributed by atoms with Crippen molar-refractivity contribution >= 4 is 11.7 Å². The number of hydrogen-bond donors (Lipinski definition) is 0. The van der Waals surface area contributed by atoms with Crippen LogP contribution in [0.2, 0.25) is 0 Å². The van der Waals surface area contributed by atoms with Crippen LogP contribution in [-0.4, -0.2) is 56.6 Å². The molecule has 0 radical (unpaired) electrons. The van der Waals surface area contributed by atoms with Crippen LogP contribution in [0.5, 0.6) is 0 Å². The average molecular weight is 371 g/mol. The number of aromatic nitrogens is 2. The van der Waals surface area contributed by atoms with Crippen molar-refractivity contribution in [1.82, 2.24) is 19.6 Å². The number of carbonyl (C=O) groups is 1. The van der Waals surface area contributed by atoms with Gasteiger partial charge in [-0.15, -0.1) is 0 Å². The van der Waals surface area contributed by atoms with Gasteiger partial charge in [-0.1, -0.05) is 29.8 Å². The molecular weight excluding hydrogens is 346 g/mol. The second-order valence-corrected chi connectivity index (χ2v) is 7.11. The number of carbonyl (C=O) groups excluding carboxylic acids is 1. The van der Waals surface area contributed by atoms with Crippen LogP contribution in [0.3, 0.4) is 0 Å². The van der Waals surface area contributed by atoms with Crippen LogP contribution < -0.4 is 0 Å². The molecule has 0 saturated carbocycles. The van der Waals surface area contributed by atoms with E-state index in [-0.39, 0.29) is 11.7 Å². The van der Waals surface area contributed by atoms with Crippen LogP contribution in [0.4, 0.5) is 5.82 Å². The molecule has 1 aliphatic heterocycles. The van der Waals surface area contributed by atoms with Gasteiger partial charge in [-0.3, -0.25) is 9.69 Å². The SMILES string of the molecule is Cc1ccc(CN2CCN(C(=O)C(C)n3nc([N+](=O)[O-])cc3C)CC2)cc1. The lowest BCUT2D eigenvalue weighted by atomic mass is 10.1. The molecule has 1 atom stereocenters. The highest BCUT2D eigenvalue weighted by atomic mass is 16.6. The number of nitrogens with zero attached hydrogens (tertiary/aromatic N) is 5. The van der Waals surface area contributed by atoms with Gasteiger partial charge >= 0.3 is 5.82 Å². The zero-order valence-electron chi connectivity index (χ0n) is 16.0. The van der Waals surface area contributed by atoms with Gasteiger partial charge in [-0.25, -0.2) is 0 Å². The summed E-state index contributed by atoms with van der Waals surface area (Å²) >= 11 is 0. The van der Waals surface area contributed by atoms with Gasteiger partial charge in [0.2, 0.25) is 5.91 Å². The standard InChI is InChI=1S/C19H25N5O3/c1-14-4-6-17(7-5-14)13-21-8-10-22(11-9-21)19(25)16(3)23-15(2)12-18(20-23)24(26)27/h4-7,12,16H,8-11,13H2,1-3H3. The smallest absolute Gasteiger partial charge is 0.358 e. The van der Waals surface area contributed by atoms with Crippen LogP contribution in [0.25, 0.3) is 0 Å². The molecule has 1 aromatic heterocycles. The molecule has 1 fully saturated rings. The fourth-order valence-electron chi connectivity index (χ4n) is 3.40. The summed E-state index contributed by atoms with van der Waals surface area (Å²) in [7, 11) is 0. The molecule has 0 bridgehead atoms. The summed E-state index contributed by atoms with van der Waals surface area (Å²) in [4.78, 5) is 27.3. The van der Waals surface area contributed by atoms with Crippen molar-refractivity contribution < 1.29 is 9.72 Å². The summed E-state index contributed by atoms with van der Waals surface area (Å²) in [5.74, 6) is -0.277. The molecule has 0 aliphatic carbocycles. The third kappa shape index (κ3) is 4.33. The molecule has 1 aromatic carbocycles. The first-order valence-corrected chi connectivity index (χ1v) is 9.12. The predicted molar refractivity (Wildman–Crippen MR) is 101 cm³/mol. The summed E-state index contributed by atoms with van der Waals surface area (Å²) in [6.07, 6.45) is 0. The Bertz CT molecular complexity index is 822. The summed E-state index contributed by atoms with van der Waals surface area (Å²) < 4.78 is 1.44. The molecular formula is C19H25N5O3. The highest BCUT2D eigenvalue weighted by Crippen LogP contribution is 2.19. The Morgan fingerprint density at radius 2 is 1.81 bits per heavy atom. The second kappa shape index (κ2) is 7.87. The molecule has 1 unspecified atom stereocenters. The van der Waals surface area contributed by atoms with Gasteiger partial charge < -0.3 is 15.0 Å². The Hall–Kier alpha value is -2.74. The van der Waals surface area contributed by atoms with Gasteiger partial charge in [0, 0.05) is 32.7 Å². The molecule has 144 valence electrons. The van der Waals surface area contributed by atoms with E-state index < -0.39 is 11.0 Å².